The first-order valence-electron chi connectivity index (χ1n) is 22.9. The first-order valence-corrected chi connectivity index (χ1v) is 22.9. The van der Waals surface area contributed by atoms with Crippen LogP contribution in [0.15, 0.2) is 259 Å². The van der Waals surface area contributed by atoms with Crippen molar-refractivity contribution >= 4 is 88.4 Å². The van der Waals surface area contributed by atoms with Gasteiger partial charge in [-0.1, -0.05) is 182 Å². The molecular weight excluding hydrogens is 813 g/mol. The van der Waals surface area contributed by atoms with Gasteiger partial charge in [-0.15, -0.1) is 0 Å². The van der Waals surface area contributed by atoms with Crippen LogP contribution < -0.4 is 9.80 Å². The third-order valence-corrected chi connectivity index (χ3v) is 13.4. The Morgan fingerprint density at radius 2 is 0.746 bits per heavy atom. The van der Waals surface area contributed by atoms with Crippen LogP contribution in [-0.2, 0) is 0 Å². The summed E-state index contributed by atoms with van der Waals surface area (Å²) < 4.78 is 6.27. The summed E-state index contributed by atoms with van der Waals surface area (Å²) in [5, 5.41) is 9.66. The molecule has 0 amide bonds. The summed E-state index contributed by atoms with van der Waals surface area (Å²) in [4.78, 5) is 4.78. The summed E-state index contributed by atoms with van der Waals surface area (Å²) in [6, 6.07) is 92.0. The van der Waals surface area contributed by atoms with E-state index in [2.05, 4.69) is 252 Å². The molecule has 0 aliphatic rings. The first kappa shape index (κ1) is 38.5. The molecule has 0 radical (unpaired) electrons. The third-order valence-electron chi connectivity index (χ3n) is 13.4. The molecule has 0 aliphatic heterocycles. The number of nitrogens with zero attached hydrogens (tertiary/aromatic N) is 2. The van der Waals surface area contributed by atoms with E-state index in [9.17, 15) is 0 Å². The molecule has 0 aliphatic carbocycles. The van der Waals surface area contributed by atoms with Crippen LogP contribution in [-0.4, -0.2) is 0 Å². The van der Waals surface area contributed by atoms with Crippen molar-refractivity contribution in [3.63, 3.8) is 0 Å². The second-order valence-corrected chi connectivity index (χ2v) is 17.2. The lowest BCUT2D eigenvalue weighted by Gasteiger charge is -2.28. The van der Waals surface area contributed by atoms with Gasteiger partial charge in [-0.3, -0.25) is 0 Å². The number of fused-ring (bicyclic) bond motifs is 3. The van der Waals surface area contributed by atoms with E-state index in [0.717, 1.165) is 56.1 Å². The fourth-order valence-corrected chi connectivity index (χ4v) is 10.3. The van der Waals surface area contributed by atoms with Crippen molar-refractivity contribution in [1.82, 2.24) is 0 Å². The van der Waals surface area contributed by atoms with Crippen LogP contribution in [0.25, 0.3) is 87.6 Å². The second-order valence-electron chi connectivity index (χ2n) is 17.2. The Kier molecular flexibility index (Phi) is 9.17. The number of furan rings is 1. The zero-order valence-corrected chi connectivity index (χ0v) is 36.6. The lowest BCUT2D eigenvalue weighted by Crippen LogP contribution is -2.11. The van der Waals surface area contributed by atoms with Crippen LogP contribution in [0.2, 0.25) is 0 Å². The van der Waals surface area contributed by atoms with Gasteiger partial charge in [0.25, 0.3) is 0 Å². The van der Waals surface area contributed by atoms with E-state index in [1.807, 2.05) is 12.1 Å². The van der Waals surface area contributed by atoms with Crippen molar-refractivity contribution in [2.75, 3.05) is 9.80 Å². The van der Waals surface area contributed by atoms with Crippen LogP contribution in [0, 0.1) is 0 Å². The Bertz CT molecular complexity index is 3900. The highest BCUT2D eigenvalue weighted by atomic mass is 16.3. The minimum atomic E-state index is 0.885. The summed E-state index contributed by atoms with van der Waals surface area (Å²) in [6.07, 6.45) is 0. The predicted octanol–water partition coefficient (Wildman–Crippen LogP) is 18.4. The van der Waals surface area contributed by atoms with Gasteiger partial charge in [0.1, 0.15) is 11.2 Å². The van der Waals surface area contributed by atoms with Gasteiger partial charge in [0.15, 0.2) is 0 Å². The maximum Gasteiger partial charge on any atom is 0.135 e. The smallest absolute Gasteiger partial charge is 0.135 e. The van der Waals surface area contributed by atoms with E-state index in [0.29, 0.717) is 0 Å². The van der Waals surface area contributed by atoms with Crippen LogP contribution in [0.4, 0.5) is 34.1 Å². The number of anilines is 6. The van der Waals surface area contributed by atoms with E-state index in [4.69, 9.17) is 4.42 Å². The van der Waals surface area contributed by atoms with E-state index in [-0.39, 0.29) is 0 Å². The fourth-order valence-electron chi connectivity index (χ4n) is 10.3. The van der Waals surface area contributed by atoms with Gasteiger partial charge in [-0.05, 0) is 128 Å². The summed E-state index contributed by atoms with van der Waals surface area (Å²) in [6.45, 7) is 0. The van der Waals surface area contributed by atoms with Crippen molar-refractivity contribution < 1.29 is 4.42 Å². The Labute approximate surface area is 389 Å². The normalized spacial score (nSPS) is 11.6. The monoisotopic (exact) mass is 854 g/mol. The van der Waals surface area contributed by atoms with Crippen molar-refractivity contribution in [2.45, 2.75) is 0 Å². The van der Waals surface area contributed by atoms with Gasteiger partial charge in [-0.25, -0.2) is 0 Å². The average Bonchev–Trinajstić information content (AvgIpc) is 3.78. The number of para-hydroxylation sites is 3. The highest BCUT2D eigenvalue weighted by molar-refractivity contribution is 6.28. The molecule has 12 aromatic carbocycles. The largest absolute Gasteiger partial charge is 0.456 e. The topological polar surface area (TPSA) is 19.6 Å². The van der Waals surface area contributed by atoms with Crippen molar-refractivity contribution in [3.05, 3.63) is 255 Å². The van der Waals surface area contributed by atoms with Gasteiger partial charge in [0.05, 0.1) is 11.4 Å². The Morgan fingerprint density at radius 1 is 0.254 bits per heavy atom. The van der Waals surface area contributed by atoms with Crippen molar-refractivity contribution in [3.8, 4) is 33.4 Å². The number of hydrogen-bond acceptors (Lipinski definition) is 3. The van der Waals surface area contributed by atoms with Crippen LogP contribution in [0.1, 0.15) is 0 Å². The molecule has 0 N–H and O–H groups in total. The first-order chi connectivity index (χ1) is 33.2. The SMILES string of the molecule is c1ccc(-c2ccc(N(c3ccc(-c4ccc5ccc6c(N(c7ccccc7)c7ccc8oc9ccccc9c8c7)ccc7ccc4c5c76)cc3)c3ccccc3-c3ccccc3)cc2)cc1. The number of rotatable bonds is 9. The molecule has 0 atom stereocenters. The molecule has 0 bridgehead atoms. The predicted molar refractivity (Wildman–Crippen MR) is 283 cm³/mol. The molecule has 3 nitrogen and oxygen atoms in total. The molecule has 0 unspecified atom stereocenters. The Balaban J connectivity index is 0.937. The molecule has 13 aromatic rings. The number of benzene rings is 12. The Hall–Kier alpha value is -8.92. The van der Waals surface area contributed by atoms with E-state index in [1.165, 1.54) is 65.7 Å². The van der Waals surface area contributed by atoms with Crippen LogP contribution in [0.3, 0.4) is 0 Å². The lowest BCUT2D eigenvalue weighted by molar-refractivity contribution is 0.669. The standard InChI is InChI=1S/C64H42N2O/c1-4-14-43(15-5-1)44-24-32-50(33-25-44)65(59-22-12-10-20-54(59)45-16-6-2-7-17-45)51-34-26-46(27-35-51)53-37-28-47-30-39-57-60(40-31-48-29-38-56(53)63(47)64(48)57)66(49-18-8-3-9-19-49)52-36-41-62-58(42-52)55-21-11-13-23-61(55)67-62/h1-42H. The third kappa shape index (κ3) is 6.59. The maximum absolute atomic E-state index is 6.27. The van der Waals surface area contributed by atoms with Crippen LogP contribution >= 0.6 is 0 Å². The van der Waals surface area contributed by atoms with E-state index in [1.54, 1.807) is 0 Å². The lowest BCUT2D eigenvalue weighted by atomic mass is 9.89. The molecule has 314 valence electrons. The zero-order chi connectivity index (χ0) is 44.3. The van der Waals surface area contributed by atoms with Gasteiger partial charge in [0.2, 0.25) is 0 Å². The summed E-state index contributed by atoms with van der Waals surface area (Å²) >= 11 is 0. The Morgan fingerprint density at radius 3 is 1.49 bits per heavy atom. The molecule has 0 saturated heterocycles. The van der Waals surface area contributed by atoms with E-state index >= 15 is 0 Å². The minimum absolute atomic E-state index is 0.885. The molecule has 3 heteroatoms. The van der Waals surface area contributed by atoms with Gasteiger partial charge in [-0.2, -0.15) is 0 Å². The molecule has 0 saturated carbocycles. The summed E-state index contributed by atoms with van der Waals surface area (Å²) in [5.41, 5.74) is 15.5. The fraction of sp³-hybridized carbons (Fsp3) is 0. The highest BCUT2D eigenvalue weighted by Gasteiger charge is 2.22. The molecular formula is C64H42N2O. The van der Waals surface area contributed by atoms with Crippen molar-refractivity contribution in [1.29, 1.82) is 0 Å². The average molecular weight is 855 g/mol. The number of hydrogen-bond donors (Lipinski definition) is 0. The molecule has 0 spiro atoms. The van der Waals surface area contributed by atoms with Gasteiger partial charge in [0, 0.05) is 44.5 Å². The quantitative estimate of drug-likeness (QED) is 0.135. The molecule has 1 heterocycles. The van der Waals surface area contributed by atoms with E-state index < -0.39 is 0 Å². The zero-order valence-electron chi connectivity index (χ0n) is 36.6. The molecule has 13 rings (SSSR count). The summed E-state index contributed by atoms with van der Waals surface area (Å²) in [7, 11) is 0. The van der Waals surface area contributed by atoms with Crippen LogP contribution in [0.5, 0.6) is 0 Å². The molecule has 1 aromatic heterocycles. The molecule has 67 heavy (non-hydrogen) atoms. The minimum Gasteiger partial charge on any atom is -0.456 e. The van der Waals surface area contributed by atoms with Gasteiger partial charge < -0.3 is 14.2 Å². The summed E-state index contributed by atoms with van der Waals surface area (Å²) in [5.74, 6) is 0. The van der Waals surface area contributed by atoms with Gasteiger partial charge >= 0.3 is 0 Å². The second kappa shape index (κ2) is 16.0. The molecule has 0 fully saturated rings. The maximum atomic E-state index is 6.27. The van der Waals surface area contributed by atoms with Crippen molar-refractivity contribution in [2.24, 2.45) is 0 Å². The highest BCUT2D eigenvalue weighted by Crippen LogP contribution is 2.47.